The molecule has 1 N–H and O–H groups in total. The number of amides is 1. The maximum Gasteiger partial charge on any atom is 0.255 e. The van der Waals surface area contributed by atoms with Gasteiger partial charge >= 0.3 is 0 Å². The van der Waals surface area contributed by atoms with Gasteiger partial charge in [-0.3, -0.25) is 9.59 Å². The van der Waals surface area contributed by atoms with Crippen LogP contribution in [0, 0.1) is 0 Å². The smallest absolute Gasteiger partial charge is 0.255 e. The number of fused-ring (bicyclic) bond motifs is 1. The number of anilines is 1. The second kappa shape index (κ2) is 8.59. The van der Waals surface area contributed by atoms with E-state index in [0.29, 0.717) is 33.3 Å². The van der Waals surface area contributed by atoms with E-state index in [-0.39, 0.29) is 24.2 Å². The van der Waals surface area contributed by atoms with Crippen LogP contribution in [0.3, 0.4) is 0 Å². The fraction of sp³-hybridized carbons (Fsp3) is 0.0909. The third-order valence-corrected chi connectivity index (χ3v) is 5.47. The molecule has 0 saturated heterocycles. The topological polar surface area (TPSA) is 64.6 Å². The average molecular weight is 426 g/mol. The highest BCUT2D eigenvalue weighted by molar-refractivity contribution is 8.00. The van der Waals surface area contributed by atoms with Crippen molar-refractivity contribution in [1.29, 1.82) is 0 Å². The molecule has 0 aromatic heterocycles. The van der Waals surface area contributed by atoms with Gasteiger partial charge in [0.05, 0.1) is 5.75 Å². The zero-order valence-electron chi connectivity index (χ0n) is 15.2. The second-order valence-corrected chi connectivity index (χ2v) is 7.76. The summed E-state index contributed by atoms with van der Waals surface area (Å²) in [5.41, 5.74) is 1.70. The first kappa shape index (κ1) is 19.4. The lowest BCUT2D eigenvalue weighted by Gasteiger charge is -2.08. The van der Waals surface area contributed by atoms with Gasteiger partial charge in [0.15, 0.2) is 17.3 Å². The number of carbonyl (C=O) groups excluding carboxylic acids is 2. The molecule has 7 heteroatoms. The number of ketones is 1. The third-order valence-electron chi connectivity index (χ3n) is 4.24. The van der Waals surface area contributed by atoms with Crippen LogP contribution in [-0.4, -0.2) is 24.2 Å². The normalized spacial score (nSPS) is 11.9. The van der Waals surface area contributed by atoms with Gasteiger partial charge in [-0.1, -0.05) is 23.7 Å². The molecule has 5 nitrogen and oxygen atoms in total. The zero-order valence-corrected chi connectivity index (χ0v) is 16.8. The molecule has 1 aliphatic heterocycles. The van der Waals surface area contributed by atoms with Gasteiger partial charge in [-0.15, -0.1) is 11.8 Å². The Kier molecular flexibility index (Phi) is 5.74. The SMILES string of the molecule is O=C(CSc1cccc(NC(=O)c2cccc(Cl)c2)c1)c1ccc2c(c1)OCO2. The summed E-state index contributed by atoms with van der Waals surface area (Å²) in [4.78, 5) is 25.7. The molecule has 1 aliphatic rings. The first-order valence-corrected chi connectivity index (χ1v) is 10.2. The van der Waals surface area contributed by atoms with Crippen molar-refractivity contribution in [3.63, 3.8) is 0 Å². The van der Waals surface area contributed by atoms with Crippen LogP contribution in [-0.2, 0) is 0 Å². The van der Waals surface area contributed by atoms with Gasteiger partial charge in [-0.2, -0.15) is 0 Å². The number of hydrogen-bond donors (Lipinski definition) is 1. The maximum atomic E-state index is 12.5. The van der Waals surface area contributed by atoms with Gasteiger partial charge in [0.2, 0.25) is 6.79 Å². The third kappa shape index (κ3) is 4.72. The van der Waals surface area contributed by atoms with Gasteiger partial charge in [0.1, 0.15) is 0 Å². The molecule has 0 radical (unpaired) electrons. The lowest BCUT2D eigenvalue weighted by atomic mass is 10.1. The van der Waals surface area contributed by atoms with Crippen LogP contribution in [0.15, 0.2) is 71.6 Å². The van der Waals surface area contributed by atoms with Crippen molar-refractivity contribution in [3.8, 4) is 11.5 Å². The summed E-state index contributed by atoms with van der Waals surface area (Å²) < 4.78 is 10.6. The molecule has 0 bridgehead atoms. The highest BCUT2D eigenvalue weighted by Crippen LogP contribution is 2.33. The largest absolute Gasteiger partial charge is 0.454 e. The van der Waals surface area contributed by atoms with Crippen molar-refractivity contribution in [1.82, 2.24) is 0 Å². The Bertz CT molecular complexity index is 1090. The summed E-state index contributed by atoms with van der Waals surface area (Å²) in [6.45, 7) is 0.176. The number of ether oxygens (including phenoxy) is 2. The predicted molar refractivity (Wildman–Crippen MR) is 113 cm³/mol. The standard InChI is InChI=1S/C22H16ClNO4S/c23-16-4-1-3-15(9-16)22(26)24-17-5-2-6-18(11-17)29-12-19(25)14-7-8-20-21(10-14)28-13-27-20/h1-11H,12-13H2,(H,24,26). The first-order chi connectivity index (χ1) is 14.1. The number of hydrogen-bond acceptors (Lipinski definition) is 5. The molecular formula is C22H16ClNO4S. The molecule has 0 saturated carbocycles. The van der Waals surface area contributed by atoms with Gasteiger partial charge in [0.25, 0.3) is 5.91 Å². The van der Waals surface area contributed by atoms with Crippen molar-refractivity contribution in [2.24, 2.45) is 0 Å². The summed E-state index contributed by atoms with van der Waals surface area (Å²) in [5, 5.41) is 3.35. The van der Waals surface area contributed by atoms with Crippen molar-refractivity contribution in [2.45, 2.75) is 4.90 Å². The average Bonchev–Trinajstić information content (AvgIpc) is 3.20. The number of thioether (sulfide) groups is 1. The molecule has 3 aromatic rings. The van der Waals surface area contributed by atoms with E-state index in [1.807, 2.05) is 18.2 Å². The maximum absolute atomic E-state index is 12.5. The highest BCUT2D eigenvalue weighted by atomic mass is 35.5. The second-order valence-electron chi connectivity index (χ2n) is 6.27. The molecule has 0 unspecified atom stereocenters. The van der Waals surface area contributed by atoms with Gasteiger partial charge in [-0.05, 0) is 54.6 Å². The van der Waals surface area contributed by atoms with Gasteiger partial charge in [-0.25, -0.2) is 0 Å². The van der Waals surface area contributed by atoms with Crippen LogP contribution < -0.4 is 14.8 Å². The molecule has 0 atom stereocenters. The van der Waals surface area contributed by atoms with Crippen molar-refractivity contribution in [2.75, 3.05) is 17.9 Å². The number of benzene rings is 3. The van der Waals surface area contributed by atoms with Crippen LogP contribution in [0.1, 0.15) is 20.7 Å². The number of halogens is 1. The molecule has 4 rings (SSSR count). The summed E-state index contributed by atoms with van der Waals surface area (Å²) in [6, 6.07) is 19.3. The van der Waals surface area contributed by atoms with Crippen LogP contribution in [0.5, 0.6) is 11.5 Å². The van der Waals surface area contributed by atoms with E-state index in [0.717, 1.165) is 4.90 Å². The number of carbonyl (C=O) groups is 2. The fourth-order valence-corrected chi connectivity index (χ4v) is 3.84. The number of rotatable bonds is 6. The molecular weight excluding hydrogens is 410 g/mol. The zero-order chi connectivity index (χ0) is 20.2. The Labute approximate surface area is 177 Å². The Morgan fingerprint density at radius 1 is 0.931 bits per heavy atom. The molecule has 3 aromatic carbocycles. The minimum atomic E-state index is -0.244. The molecule has 0 fully saturated rings. The lowest BCUT2D eigenvalue weighted by Crippen LogP contribution is -2.11. The van der Waals surface area contributed by atoms with Crippen LogP contribution in [0.2, 0.25) is 5.02 Å². The monoisotopic (exact) mass is 425 g/mol. The summed E-state index contributed by atoms with van der Waals surface area (Å²) >= 11 is 7.34. The lowest BCUT2D eigenvalue weighted by molar-refractivity contribution is 0.101. The molecule has 0 aliphatic carbocycles. The first-order valence-electron chi connectivity index (χ1n) is 8.81. The van der Waals surface area contributed by atoms with E-state index in [2.05, 4.69) is 5.32 Å². The van der Waals surface area contributed by atoms with E-state index < -0.39 is 0 Å². The van der Waals surface area contributed by atoms with Crippen LogP contribution in [0.25, 0.3) is 0 Å². The fourth-order valence-electron chi connectivity index (χ4n) is 2.80. The summed E-state index contributed by atoms with van der Waals surface area (Å²) in [7, 11) is 0. The Morgan fingerprint density at radius 2 is 1.76 bits per heavy atom. The minimum absolute atomic E-state index is 0.0123. The molecule has 0 spiro atoms. The van der Waals surface area contributed by atoms with Crippen molar-refractivity contribution < 1.29 is 19.1 Å². The quantitative estimate of drug-likeness (QED) is 0.429. The summed E-state index contributed by atoms with van der Waals surface area (Å²) in [5.74, 6) is 1.25. The molecule has 146 valence electrons. The predicted octanol–water partition coefficient (Wildman–Crippen LogP) is 5.30. The van der Waals surface area contributed by atoms with Crippen LogP contribution in [0.4, 0.5) is 5.69 Å². The van der Waals surface area contributed by atoms with E-state index in [9.17, 15) is 9.59 Å². The van der Waals surface area contributed by atoms with E-state index in [1.165, 1.54) is 11.8 Å². The highest BCUT2D eigenvalue weighted by Gasteiger charge is 2.16. The minimum Gasteiger partial charge on any atom is -0.454 e. The van der Waals surface area contributed by atoms with E-state index >= 15 is 0 Å². The number of Topliss-reactive ketones (excluding diaryl/α,β-unsaturated/α-hetero) is 1. The number of nitrogens with one attached hydrogen (secondary N) is 1. The molecule has 1 heterocycles. The Morgan fingerprint density at radius 3 is 2.62 bits per heavy atom. The van der Waals surface area contributed by atoms with E-state index in [1.54, 1.807) is 48.5 Å². The van der Waals surface area contributed by atoms with Gasteiger partial charge in [0, 0.05) is 26.7 Å². The van der Waals surface area contributed by atoms with Crippen LogP contribution >= 0.6 is 23.4 Å². The summed E-state index contributed by atoms with van der Waals surface area (Å²) in [6.07, 6.45) is 0. The molecule has 1 amide bonds. The molecule has 29 heavy (non-hydrogen) atoms. The van der Waals surface area contributed by atoms with E-state index in [4.69, 9.17) is 21.1 Å². The Hall–Kier alpha value is -2.96. The van der Waals surface area contributed by atoms with Crippen molar-refractivity contribution >= 4 is 40.7 Å². The van der Waals surface area contributed by atoms with Crippen molar-refractivity contribution in [3.05, 3.63) is 82.9 Å². The Balaban J connectivity index is 1.38. The van der Waals surface area contributed by atoms with Gasteiger partial charge < -0.3 is 14.8 Å².